The Bertz CT molecular complexity index is 379. The van der Waals surface area contributed by atoms with E-state index in [4.69, 9.17) is 0 Å². The lowest BCUT2D eigenvalue weighted by atomic mass is 9.60. The van der Waals surface area contributed by atoms with Crippen LogP contribution in [0.1, 0.15) is 39.5 Å². The van der Waals surface area contributed by atoms with Crippen molar-refractivity contribution >= 4 is 11.8 Å². The lowest BCUT2D eigenvalue weighted by Gasteiger charge is -2.49. The first kappa shape index (κ1) is 13.6. The van der Waals surface area contributed by atoms with Crippen molar-refractivity contribution in [2.24, 2.45) is 17.3 Å². The molecule has 0 saturated carbocycles. The summed E-state index contributed by atoms with van der Waals surface area (Å²) in [5, 5.41) is 0. The first-order valence-electron chi connectivity index (χ1n) is 7.94. The summed E-state index contributed by atoms with van der Waals surface area (Å²) < 4.78 is 0. The summed E-state index contributed by atoms with van der Waals surface area (Å²) in [6, 6.07) is 0. The van der Waals surface area contributed by atoms with Crippen LogP contribution in [0.4, 0.5) is 0 Å². The predicted molar refractivity (Wildman–Crippen MR) is 85.4 cm³/mol. The van der Waals surface area contributed by atoms with Crippen LogP contribution in [0.25, 0.3) is 0 Å². The topological polar surface area (TPSA) is 3.24 Å². The maximum atomic E-state index is 2.61. The molecule has 106 valence electrons. The van der Waals surface area contributed by atoms with Crippen LogP contribution in [0.2, 0.25) is 0 Å². The first-order valence-corrected chi connectivity index (χ1v) is 9.09. The zero-order valence-corrected chi connectivity index (χ0v) is 13.2. The highest BCUT2D eigenvalue weighted by Crippen LogP contribution is 2.49. The van der Waals surface area contributed by atoms with E-state index in [1.165, 1.54) is 50.3 Å². The van der Waals surface area contributed by atoms with E-state index < -0.39 is 0 Å². The van der Waals surface area contributed by atoms with Gasteiger partial charge in [-0.05, 0) is 66.4 Å². The van der Waals surface area contributed by atoms with Gasteiger partial charge in [-0.2, -0.15) is 11.8 Å². The summed E-state index contributed by atoms with van der Waals surface area (Å²) in [5.74, 6) is 4.49. The van der Waals surface area contributed by atoms with Gasteiger partial charge in [0, 0.05) is 19.0 Å². The third kappa shape index (κ3) is 2.74. The molecule has 1 fully saturated rings. The number of allylic oxidation sites excluding steroid dienone is 2. The standard InChI is InChI=1S/C17H27NS/c1-3-17(2)11-15-6-8-18(13-16(15)17)12-14-5-4-9-19-10-7-14/h6,8,11,14,16H,3-5,7,9-10,12-13H2,1-2H3. The van der Waals surface area contributed by atoms with Gasteiger partial charge in [0.2, 0.25) is 0 Å². The summed E-state index contributed by atoms with van der Waals surface area (Å²) in [7, 11) is 0. The fraction of sp³-hybridized carbons (Fsp3) is 0.765. The fourth-order valence-corrected chi connectivity index (χ4v) is 4.87. The van der Waals surface area contributed by atoms with Crippen molar-refractivity contribution in [3.8, 4) is 0 Å². The number of hydrogen-bond donors (Lipinski definition) is 0. The van der Waals surface area contributed by atoms with Crippen LogP contribution in [0.3, 0.4) is 0 Å². The maximum Gasteiger partial charge on any atom is 0.0249 e. The Hall–Kier alpha value is -0.370. The Labute approximate surface area is 122 Å². The van der Waals surface area contributed by atoms with Crippen LogP contribution in [-0.4, -0.2) is 29.5 Å². The van der Waals surface area contributed by atoms with Crippen molar-refractivity contribution in [1.82, 2.24) is 4.90 Å². The van der Waals surface area contributed by atoms with Gasteiger partial charge >= 0.3 is 0 Å². The minimum atomic E-state index is 0.470. The van der Waals surface area contributed by atoms with E-state index in [2.05, 4.69) is 48.9 Å². The fourth-order valence-electron chi connectivity index (χ4n) is 3.80. The molecule has 1 aliphatic carbocycles. The summed E-state index contributed by atoms with van der Waals surface area (Å²) in [4.78, 5) is 2.61. The van der Waals surface area contributed by atoms with Gasteiger partial charge in [0.05, 0.1) is 0 Å². The number of thioether (sulfide) groups is 1. The van der Waals surface area contributed by atoms with E-state index in [1.807, 2.05) is 0 Å². The highest BCUT2D eigenvalue weighted by molar-refractivity contribution is 7.99. The van der Waals surface area contributed by atoms with Gasteiger partial charge in [-0.3, -0.25) is 0 Å². The Balaban J connectivity index is 1.59. The Morgan fingerprint density at radius 3 is 3.11 bits per heavy atom. The summed E-state index contributed by atoms with van der Waals surface area (Å²) in [6.45, 7) is 7.32. The number of nitrogens with zero attached hydrogens (tertiary/aromatic N) is 1. The van der Waals surface area contributed by atoms with Crippen molar-refractivity contribution in [2.45, 2.75) is 39.5 Å². The molecule has 0 bridgehead atoms. The summed E-state index contributed by atoms with van der Waals surface area (Å²) in [5.41, 5.74) is 2.06. The third-order valence-electron chi connectivity index (χ3n) is 5.42. The SMILES string of the molecule is CCC1(C)C=C2C=CN(CC3CCCSCC3)CC21. The van der Waals surface area contributed by atoms with E-state index in [9.17, 15) is 0 Å². The molecule has 0 radical (unpaired) electrons. The second kappa shape index (κ2) is 5.55. The number of hydrogen-bond acceptors (Lipinski definition) is 2. The molecule has 19 heavy (non-hydrogen) atoms. The van der Waals surface area contributed by atoms with E-state index >= 15 is 0 Å². The molecule has 0 N–H and O–H groups in total. The van der Waals surface area contributed by atoms with Gasteiger partial charge in [0.1, 0.15) is 0 Å². The predicted octanol–water partition coefficient (Wildman–Crippen LogP) is 4.32. The van der Waals surface area contributed by atoms with Crippen molar-refractivity contribution in [2.75, 3.05) is 24.6 Å². The monoisotopic (exact) mass is 277 g/mol. The van der Waals surface area contributed by atoms with Crippen LogP contribution >= 0.6 is 11.8 Å². The van der Waals surface area contributed by atoms with Crippen LogP contribution in [0.5, 0.6) is 0 Å². The number of rotatable bonds is 3. The van der Waals surface area contributed by atoms with Crippen LogP contribution in [0.15, 0.2) is 23.9 Å². The molecule has 2 aliphatic heterocycles. The highest BCUT2D eigenvalue weighted by Gasteiger charge is 2.42. The maximum absolute atomic E-state index is 2.61. The van der Waals surface area contributed by atoms with Crippen LogP contribution in [0, 0.1) is 17.3 Å². The lowest BCUT2D eigenvalue weighted by molar-refractivity contribution is 0.160. The van der Waals surface area contributed by atoms with Gasteiger partial charge in [-0.25, -0.2) is 0 Å². The highest BCUT2D eigenvalue weighted by atomic mass is 32.2. The molecule has 3 atom stereocenters. The Morgan fingerprint density at radius 2 is 2.26 bits per heavy atom. The molecule has 3 aliphatic rings. The van der Waals surface area contributed by atoms with Gasteiger partial charge in [-0.15, -0.1) is 0 Å². The molecule has 0 spiro atoms. The van der Waals surface area contributed by atoms with Crippen molar-refractivity contribution in [3.63, 3.8) is 0 Å². The molecular formula is C17H27NS. The van der Waals surface area contributed by atoms with Crippen molar-refractivity contribution in [3.05, 3.63) is 23.9 Å². The van der Waals surface area contributed by atoms with Crippen molar-refractivity contribution < 1.29 is 0 Å². The molecule has 0 aromatic heterocycles. The molecular weight excluding hydrogens is 250 g/mol. The Kier molecular flexibility index (Phi) is 3.98. The molecule has 0 aromatic carbocycles. The van der Waals surface area contributed by atoms with E-state index in [-0.39, 0.29) is 0 Å². The molecule has 1 saturated heterocycles. The molecule has 3 rings (SSSR count). The van der Waals surface area contributed by atoms with E-state index in [0.717, 1.165) is 11.8 Å². The quantitative estimate of drug-likeness (QED) is 0.756. The molecule has 0 amide bonds. The van der Waals surface area contributed by atoms with Gasteiger partial charge < -0.3 is 4.90 Å². The molecule has 0 aromatic rings. The van der Waals surface area contributed by atoms with Crippen LogP contribution in [-0.2, 0) is 0 Å². The van der Waals surface area contributed by atoms with E-state index in [1.54, 1.807) is 5.57 Å². The van der Waals surface area contributed by atoms with Crippen molar-refractivity contribution in [1.29, 1.82) is 0 Å². The minimum absolute atomic E-state index is 0.470. The molecule has 1 nitrogen and oxygen atoms in total. The minimum Gasteiger partial charge on any atom is -0.376 e. The Morgan fingerprint density at radius 1 is 1.37 bits per heavy atom. The summed E-state index contributed by atoms with van der Waals surface area (Å²) >= 11 is 2.15. The van der Waals surface area contributed by atoms with Crippen LogP contribution < -0.4 is 0 Å². The third-order valence-corrected chi connectivity index (χ3v) is 6.52. The normalized spacial score (nSPS) is 38.2. The molecule has 2 heteroatoms. The molecule has 3 unspecified atom stereocenters. The average molecular weight is 277 g/mol. The van der Waals surface area contributed by atoms with Gasteiger partial charge in [0.15, 0.2) is 0 Å². The van der Waals surface area contributed by atoms with Gasteiger partial charge in [-0.1, -0.05) is 19.9 Å². The smallest absolute Gasteiger partial charge is 0.0249 e. The largest absolute Gasteiger partial charge is 0.376 e. The zero-order valence-electron chi connectivity index (χ0n) is 12.4. The summed E-state index contributed by atoms with van der Waals surface area (Å²) in [6.07, 6.45) is 12.8. The molecule has 2 heterocycles. The number of fused-ring (bicyclic) bond motifs is 1. The first-order chi connectivity index (χ1) is 9.21. The second-order valence-corrected chi connectivity index (χ2v) is 7.96. The average Bonchev–Trinajstić information content (AvgIpc) is 2.68. The van der Waals surface area contributed by atoms with Gasteiger partial charge in [0.25, 0.3) is 0 Å². The zero-order chi connectivity index (χ0) is 13.3. The second-order valence-electron chi connectivity index (χ2n) is 6.74. The lowest BCUT2D eigenvalue weighted by Crippen LogP contribution is -2.45. The van der Waals surface area contributed by atoms with E-state index in [0.29, 0.717) is 5.41 Å².